The van der Waals surface area contributed by atoms with Crippen molar-refractivity contribution in [1.82, 2.24) is 30.1 Å². The van der Waals surface area contributed by atoms with Crippen LogP contribution in [0, 0.1) is 0 Å². The summed E-state index contributed by atoms with van der Waals surface area (Å²) < 4.78 is 7.39. The van der Waals surface area contributed by atoms with Crippen LogP contribution >= 0.6 is 0 Å². The highest BCUT2D eigenvalue weighted by molar-refractivity contribution is 5.76. The van der Waals surface area contributed by atoms with Crippen LogP contribution in [0.1, 0.15) is 17.7 Å². The van der Waals surface area contributed by atoms with E-state index in [1.165, 1.54) is 5.56 Å². The number of hydrogen-bond donors (Lipinski definition) is 3. The fourth-order valence-corrected chi connectivity index (χ4v) is 3.73. The van der Waals surface area contributed by atoms with Crippen LogP contribution in [0.5, 0.6) is 0 Å². The van der Waals surface area contributed by atoms with E-state index in [1.807, 2.05) is 50.4 Å². The van der Waals surface area contributed by atoms with Crippen molar-refractivity contribution in [2.24, 2.45) is 0 Å². The molecule has 1 aliphatic rings. The maximum absolute atomic E-state index is 12.1. The van der Waals surface area contributed by atoms with Crippen molar-refractivity contribution in [1.29, 1.82) is 0 Å². The Morgan fingerprint density at radius 1 is 1.12 bits per heavy atom. The average molecular weight is 447 g/mol. The van der Waals surface area contributed by atoms with Gasteiger partial charge in [0.1, 0.15) is 18.3 Å². The van der Waals surface area contributed by atoms with Gasteiger partial charge in [-0.15, -0.1) is 5.10 Å². The Labute approximate surface area is 188 Å². The summed E-state index contributed by atoms with van der Waals surface area (Å²) in [5, 5.41) is 31.8. The Balaban J connectivity index is 1.47. The number of likely N-dealkylation sites (N-methyl/N-ethyl adjacent to an activating group) is 1. The number of hydrogen-bond acceptors (Lipinski definition) is 8. The molecule has 10 heteroatoms. The van der Waals surface area contributed by atoms with Crippen LogP contribution in [-0.2, 0) is 29.2 Å². The topological polar surface area (TPSA) is 116 Å². The number of carbonyl (C=O) groups excluding carboxylic acids is 1. The summed E-state index contributed by atoms with van der Waals surface area (Å²) in [6.07, 6.45) is -1.83. The van der Waals surface area contributed by atoms with Gasteiger partial charge < -0.3 is 25.2 Å². The number of amides is 1. The van der Waals surface area contributed by atoms with Gasteiger partial charge in [0.05, 0.1) is 24.8 Å². The summed E-state index contributed by atoms with van der Waals surface area (Å²) in [6, 6.07) is 10.2. The number of carbonyl (C=O) groups is 1. The van der Waals surface area contributed by atoms with E-state index in [2.05, 4.69) is 32.7 Å². The highest BCUT2D eigenvalue weighted by Gasteiger charge is 2.43. The first-order valence-corrected chi connectivity index (χ1v) is 10.9. The van der Waals surface area contributed by atoms with Gasteiger partial charge in [0.2, 0.25) is 5.91 Å². The molecule has 32 heavy (non-hydrogen) atoms. The molecule has 0 bridgehead atoms. The van der Waals surface area contributed by atoms with Gasteiger partial charge in [0, 0.05) is 32.4 Å². The predicted octanol–water partition coefficient (Wildman–Crippen LogP) is -0.533. The Morgan fingerprint density at radius 2 is 1.84 bits per heavy atom. The number of aliphatic hydroxyl groups is 2. The molecule has 3 N–H and O–H groups in total. The molecule has 0 radical (unpaired) electrons. The van der Waals surface area contributed by atoms with Crippen LogP contribution in [0.2, 0.25) is 0 Å². The first-order chi connectivity index (χ1) is 15.3. The fourth-order valence-electron chi connectivity index (χ4n) is 3.73. The lowest BCUT2D eigenvalue weighted by Crippen LogP contribution is -2.37. The molecule has 1 saturated heterocycles. The molecular formula is C22H34N6O4. The first-order valence-electron chi connectivity index (χ1n) is 10.9. The van der Waals surface area contributed by atoms with Crippen LogP contribution in [0.4, 0.5) is 0 Å². The summed E-state index contributed by atoms with van der Waals surface area (Å²) in [4.78, 5) is 16.2. The van der Waals surface area contributed by atoms with E-state index in [0.717, 1.165) is 18.8 Å². The molecule has 10 nitrogen and oxygen atoms in total. The Morgan fingerprint density at radius 3 is 2.56 bits per heavy atom. The van der Waals surface area contributed by atoms with Crippen LogP contribution < -0.4 is 5.32 Å². The minimum absolute atomic E-state index is 0.00492. The molecule has 0 saturated carbocycles. The summed E-state index contributed by atoms with van der Waals surface area (Å²) in [6.45, 7) is 2.90. The number of aliphatic hydroxyl groups excluding tert-OH is 2. The van der Waals surface area contributed by atoms with E-state index < -0.39 is 24.4 Å². The quantitative estimate of drug-likeness (QED) is 0.422. The zero-order chi connectivity index (χ0) is 23.1. The summed E-state index contributed by atoms with van der Waals surface area (Å²) in [5.74, 6) is -0.215. The van der Waals surface area contributed by atoms with Crippen LogP contribution in [0.3, 0.4) is 0 Å². The average Bonchev–Trinajstić information content (AvgIpc) is 3.28. The molecule has 2 aromatic rings. The number of rotatable bonds is 11. The third-order valence-electron chi connectivity index (χ3n) is 5.41. The number of ether oxygens (including phenoxy) is 1. The van der Waals surface area contributed by atoms with E-state index >= 15 is 0 Å². The van der Waals surface area contributed by atoms with Crippen molar-refractivity contribution in [3.8, 4) is 0 Å². The second kappa shape index (κ2) is 11.5. The molecule has 2 heterocycles. The van der Waals surface area contributed by atoms with Gasteiger partial charge in [-0.3, -0.25) is 9.69 Å². The second-order valence-corrected chi connectivity index (χ2v) is 8.64. The zero-order valence-corrected chi connectivity index (χ0v) is 19.0. The molecule has 176 valence electrons. The first kappa shape index (κ1) is 24.3. The monoisotopic (exact) mass is 446 g/mol. The second-order valence-electron chi connectivity index (χ2n) is 8.64. The molecule has 0 spiro atoms. The molecule has 1 aromatic heterocycles. The molecule has 4 atom stereocenters. The highest BCUT2D eigenvalue weighted by Crippen LogP contribution is 2.24. The molecule has 0 unspecified atom stereocenters. The van der Waals surface area contributed by atoms with Crippen LogP contribution in [-0.4, -0.2) is 99.6 Å². The summed E-state index contributed by atoms with van der Waals surface area (Å²) in [5.41, 5.74) is 2.02. The highest BCUT2D eigenvalue weighted by atomic mass is 16.5. The number of aromatic nitrogens is 3. The largest absolute Gasteiger partial charge is 0.388 e. The van der Waals surface area contributed by atoms with E-state index in [4.69, 9.17) is 4.74 Å². The number of benzene rings is 1. The lowest BCUT2D eigenvalue weighted by atomic mass is 10.1. The van der Waals surface area contributed by atoms with Crippen molar-refractivity contribution in [3.63, 3.8) is 0 Å². The number of nitrogens with zero attached hydrogens (tertiary/aromatic N) is 5. The minimum atomic E-state index is -1.13. The van der Waals surface area contributed by atoms with Crippen molar-refractivity contribution in [2.75, 3.05) is 34.2 Å². The number of nitrogens with one attached hydrogen (secondary N) is 1. The molecule has 1 aliphatic heterocycles. The Hall–Kier alpha value is -2.37. The van der Waals surface area contributed by atoms with Gasteiger partial charge in [-0.2, -0.15) is 0 Å². The van der Waals surface area contributed by atoms with Gasteiger partial charge in [-0.05, 0) is 26.7 Å². The lowest BCUT2D eigenvalue weighted by Gasteiger charge is -2.15. The standard InChI is InChI=1S/C22H34N6O4/c1-26(2)10-9-23-20(29)11-18-21(30)22(31)19(32-18)15-28-14-17(24-25-28)13-27(3)12-16-7-5-4-6-8-16/h4-8,14,18-19,21-22,30-31H,9-13,15H2,1-3H3,(H,23,29)/t18-,19-,21+,22-/m1/s1. The zero-order valence-electron chi connectivity index (χ0n) is 19.0. The van der Waals surface area contributed by atoms with Crippen LogP contribution in [0.15, 0.2) is 36.5 Å². The van der Waals surface area contributed by atoms with E-state index in [9.17, 15) is 15.0 Å². The summed E-state index contributed by atoms with van der Waals surface area (Å²) >= 11 is 0. The van der Waals surface area contributed by atoms with Gasteiger partial charge in [-0.25, -0.2) is 4.68 Å². The SMILES string of the molecule is CN(C)CCNC(=O)C[C@H]1O[C@H](Cn2cc(CN(C)Cc3ccccc3)nn2)[C@@H](O)[C@H]1O. The Kier molecular flexibility index (Phi) is 8.71. The fraction of sp³-hybridized carbons (Fsp3) is 0.591. The van der Waals surface area contributed by atoms with E-state index in [0.29, 0.717) is 13.1 Å². The molecule has 1 amide bonds. The maximum Gasteiger partial charge on any atom is 0.222 e. The minimum Gasteiger partial charge on any atom is -0.388 e. The van der Waals surface area contributed by atoms with E-state index in [-0.39, 0.29) is 18.9 Å². The lowest BCUT2D eigenvalue weighted by molar-refractivity contribution is -0.125. The third kappa shape index (κ3) is 7.07. The summed E-state index contributed by atoms with van der Waals surface area (Å²) in [7, 11) is 5.86. The van der Waals surface area contributed by atoms with Gasteiger partial charge in [0.25, 0.3) is 0 Å². The molecule has 3 rings (SSSR count). The van der Waals surface area contributed by atoms with Crippen molar-refractivity contribution in [3.05, 3.63) is 47.8 Å². The smallest absolute Gasteiger partial charge is 0.222 e. The molecular weight excluding hydrogens is 412 g/mol. The molecule has 1 aromatic carbocycles. The van der Waals surface area contributed by atoms with Crippen molar-refractivity contribution < 1.29 is 19.7 Å². The predicted molar refractivity (Wildman–Crippen MR) is 118 cm³/mol. The van der Waals surface area contributed by atoms with Gasteiger partial charge in [-0.1, -0.05) is 35.5 Å². The molecule has 0 aliphatic carbocycles. The van der Waals surface area contributed by atoms with Gasteiger partial charge >= 0.3 is 0 Å². The van der Waals surface area contributed by atoms with Crippen molar-refractivity contribution in [2.45, 2.75) is 50.5 Å². The van der Waals surface area contributed by atoms with Gasteiger partial charge in [0.15, 0.2) is 0 Å². The van der Waals surface area contributed by atoms with E-state index in [1.54, 1.807) is 4.68 Å². The van der Waals surface area contributed by atoms with Crippen LogP contribution in [0.25, 0.3) is 0 Å². The normalized spacial score (nSPS) is 23.2. The Bertz CT molecular complexity index is 846. The third-order valence-corrected chi connectivity index (χ3v) is 5.41. The molecule has 1 fully saturated rings. The van der Waals surface area contributed by atoms with Crippen molar-refractivity contribution >= 4 is 5.91 Å². The maximum atomic E-state index is 12.1.